The third-order valence-corrected chi connectivity index (χ3v) is 7.35. The average molecular weight is 619 g/mol. The van der Waals surface area contributed by atoms with Crippen molar-refractivity contribution < 1.29 is 63.2 Å². The van der Waals surface area contributed by atoms with Crippen LogP contribution >= 0.6 is 11.7 Å². The molecule has 0 amide bonds. The Labute approximate surface area is 280 Å². The van der Waals surface area contributed by atoms with Gasteiger partial charge in [-0.15, -0.1) is 0 Å². The zero-order valence-electron chi connectivity index (χ0n) is 24.7. The van der Waals surface area contributed by atoms with Gasteiger partial charge in [0, 0.05) is 23.1 Å². The summed E-state index contributed by atoms with van der Waals surface area (Å²) in [6.45, 7) is 0.364. The monoisotopic (exact) mass is 618 g/mol. The molecular formula is C33H27N2NaO7S. The number of aromatic nitrogens is 2. The normalized spacial score (nSPS) is 11.2. The fourth-order valence-electron chi connectivity index (χ4n) is 4.69. The molecule has 0 saturated heterocycles. The largest absolute Gasteiger partial charge is 1.00 e. The first kappa shape index (κ1) is 32.7. The van der Waals surface area contributed by atoms with E-state index in [1.807, 2.05) is 30.3 Å². The molecule has 0 N–H and O–H groups in total. The first-order chi connectivity index (χ1) is 20.9. The van der Waals surface area contributed by atoms with Crippen molar-refractivity contribution >= 4 is 40.1 Å². The van der Waals surface area contributed by atoms with Gasteiger partial charge >= 0.3 is 29.6 Å². The van der Waals surface area contributed by atoms with Gasteiger partial charge in [0.05, 0.1) is 39.0 Å². The molecule has 1 aromatic heterocycles. The number of aliphatic carboxylic acids is 1. The molecule has 4 aromatic carbocycles. The van der Waals surface area contributed by atoms with Crippen LogP contribution in [0, 0.1) is 0 Å². The molecule has 0 atom stereocenters. The van der Waals surface area contributed by atoms with E-state index in [0.717, 1.165) is 17.3 Å². The number of methoxy groups -OCH3 is 3. The van der Waals surface area contributed by atoms with Crippen molar-refractivity contribution in [2.45, 2.75) is 13.0 Å². The Morgan fingerprint density at radius 1 is 0.750 bits per heavy atom. The van der Waals surface area contributed by atoms with E-state index >= 15 is 0 Å². The van der Waals surface area contributed by atoms with Crippen LogP contribution in [0.15, 0.2) is 90.5 Å². The van der Waals surface area contributed by atoms with Crippen molar-refractivity contribution in [1.82, 2.24) is 8.75 Å². The molecule has 0 radical (unpaired) electrons. The number of ketones is 1. The van der Waals surface area contributed by atoms with Crippen molar-refractivity contribution in [3.05, 3.63) is 113 Å². The fourth-order valence-corrected chi connectivity index (χ4v) is 5.21. The summed E-state index contributed by atoms with van der Waals surface area (Å²) in [5.74, 6) is -0.308. The van der Waals surface area contributed by atoms with Crippen LogP contribution in [0.2, 0.25) is 0 Å². The zero-order valence-corrected chi connectivity index (χ0v) is 27.5. The number of carbonyl (C=O) groups is 2. The number of nitrogens with zero attached hydrogens (tertiary/aromatic N) is 2. The second kappa shape index (κ2) is 15.0. The zero-order chi connectivity index (χ0) is 30.3. The number of carboxylic acid groups (broad SMARTS) is 1. The molecule has 5 rings (SSSR count). The first-order valence-electron chi connectivity index (χ1n) is 13.2. The Morgan fingerprint density at radius 2 is 1.39 bits per heavy atom. The van der Waals surface area contributed by atoms with E-state index < -0.39 is 11.8 Å². The Bertz CT molecular complexity index is 1780. The van der Waals surface area contributed by atoms with Crippen LogP contribution in [0.5, 0.6) is 23.0 Å². The first-order valence-corrected chi connectivity index (χ1v) is 13.9. The quantitative estimate of drug-likeness (QED) is 0.117. The van der Waals surface area contributed by atoms with Crippen LogP contribution in [0.25, 0.3) is 16.6 Å². The van der Waals surface area contributed by atoms with Gasteiger partial charge in [-0.1, -0.05) is 36.4 Å². The van der Waals surface area contributed by atoms with Crippen LogP contribution in [0.1, 0.15) is 27.0 Å². The predicted molar refractivity (Wildman–Crippen MR) is 161 cm³/mol. The Morgan fingerprint density at radius 3 is 2.00 bits per heavy atom. The molecule has 0 aliphatic carbocycles. The van der Waals surface area contributed by atoms with Crippen LogP contribution in [-0.4, -0.2) is 41.8 Å². The molecule has 1 heterocycles. The van der Waals surface area contributed by atoms with Crippen molar-refractivity contribution in [3.63, 3.8) is 0 Å². The summed E-state index contributed by atoms with van der Waals surface area (Å²) in [5.41, 5.74) is 3.02. The maximum absolute atomic E-state index is 14.1. The van der Waals surface area contributed by atoms with Crippen molar-refractivity contribution in [1.29, 1.82) is 0 Å². The van der Waals surface area contributed by atoms with Crippen LogP contribution in [-0.2, 0) is 17.8 Å². The maximum atomic E-state index is 14.1. The number of fused-ring (bicyclic) bond motifs is 1. The van der Waals surface area contributed by atoms with Gasteiger partial charge in [0.25, 0.3) is 0 Å². The second-order valence-corrected chi connectivity index (χ2v) is 9.98. The molecule has 5 aromatic rings. The Balaban J connectivity index is 0.00000442. The molecule has 0 saturated carbocycles. The summed E-state index contributed by atoms with van der Waals surface area (Å²) < 4.78 is 30.7. The SMILES string of the molecule is COc1cc(CC(C(=O)c2ccc(OCc3ccccc3)cc2)=C(C(=O)[O-])c2ccc3nsnc3c2)cc(OC)c1OC.[Na+]. The minimum absolute atomic E-state index is 0. The molecule has 44 heavy (non-hydrogen) atoms. The van der Waals surface area contributed by atoms with E-state index in [2.05, 4.69) is 8.75 Å². The standard InChI is InChI=1S/C33H28N2O7S.Na/c1-39-28-16-21(17-29(40-2)32(28)41-3)15-25(30(33(37)38)23-11-14-26-27(18-23)35-43-34-26)31(36)22-9-12-24(13-10-22)42-19-20-7-5-4-6-8-20;/h4-14,16-18H,15,19H2,1-3H3,(H,37,38);/q;+1/p-1. The van der Waals surface area contributed by atoms with Gasteiger partial charge in [-0.05, 0) is 65.2 Å². The molecule has 11 heteroatoms. The van der Waals surface area contributed by atoms with Crippen LogP contribution in [0.4, 0.5) is 0 Å². The Hall–Kier alpha value is -4.22. The number of rotatable bonds is 12. The third kappa shape index (κ3) is 7.28. The van der Waals surface area contributed by atoms with E-state index in [-0.39, 0.29) is 58.3 Å². The van der Waals surface area contributed by atoms with Gasteiger partial charge in [0.1, 0.15) is 23.4 Å². The number of allylic oxidation sites excluding steroid dienone is 1. The molecule has 0 spiro atoms. The van der Waals surface area contributed by atoms with Crippen molar-refractivity contribution in [2.75, 3.05) is 21.3 Å². The molecule has 9 nitrogen and oxygen atoms in total. The predicted octanol–water partition coefficient (Wildman–Crippen LogP) is 1.93. The number of hydrogen-bond donors (Lipinski definition) is 0. The minimum atomic E-state index is -1.50. The number of carboxylic acids is 1. The van der Waals surface area contributed by atoms with Crippen LogP contribution in [0.3, 0.4) is 0 Å². The summed E-state index contributed by atoms with van der Waals surface area (Å²) in [5, 5.41) is 12.7. The molecule has 218 valence electrons. The number of hydrogen-bond acceptors (Lipinski definition) is 10. The molecule has 0 bridgehead atoms. The number of benzene rings is 4. The third-order valence-electron chi connectivity index (χ3n) is 6.79. The van der Waals surface area contributed by atoms with Crippen molar-refractivity contribution in [3.8, 4) is 23.0 Å². The van der Waals surface area contributed by atoms with E-state index in [4.69, 9.17) is 18.9 Å². The minimum Gasteiger partial charge on any atom is -0.545 e. The molecule has 0 aliphatic heterocycles. The molecule has 0 unspecified atom stereocenters. The van der Waals surface area contributed by atoms with Gasteiger partial charge in [0.15, 0.2) is 17.3 Å². The van der Waals surface area contributed by atoms with Gasteiger partial charge in [-0.25, -0.2) is 0 Å². The van der Waals surface area contributed by atoms with E-state index in [0.29, 0.717) is 46.2 Å². The van der Waals surface area contributed by atoms with Gasteiger partial charge in [-0.2, -0.15) is 8.75 Å². The Kier molecular flexibility index (Phi) is 11.1. The topological polar surface area (TPSA) is 120 Å². The van der Waals surface area contributed by atoms with Crippen molar-refractivity contribution in [2.24, 2.45) is 0 Å². The van der Waals surface area contributed by atoms with Gasteiger partial charge < -0.3 is 28.8 Å². The second-order valence-electron chi connectivity index (χ2n) is 9.45. The maximum Gasteiger partial charge on any atom is 1.00 e. The summed E-state index contributed by atoms with van der Waals surface area (Å²) in [4.78, 5) is 26.8. The average Bonchev–Trinajstić information content (AvgIpc) is 3.51. The summed E-state index contributed by atoms with van der Waals surface area (Å²) in [7, 11) is 4.45. The number of ether oxygens (including phenoxy) is 4. The van der Waals surface area contributed by atoms with E-state index in [1.165, 1.54) is 21.3 Å². The van der Waals surface area contributed by atoms with Gasteiger partial charge in [0.2, 0.25) is 5.75 Å². The number of carbonyl (C=O) groups excluding carboxylic acids is 2. The molecule has 0 aliphatic rings. The van der Waals surface area contributed by atoms with Gasteiger partial charge in [-0.3, -0.25) is 4.79 Å². The summed E-state index contributed by atoms with van der Waals surface area (Å²) >= 11 is 1.01. The summed E-state index contributed by atoms with van der Waals surface area (Å²) in [6.07, 6.45) is -0.0710. The fraction of sp³-hybridized carbons (Fsp3) is 0.152. The molecule has 0 fully saturated rings. The van der Waals surface area contributed by atoms with E-state index in [9.17, 15) is 14.7 Å². The smallest absolute Gasteiger partial charge is 0.545 e. The number of Topliss-reactive ketones (excluding diaryl/α,β-unsaturated/α-hetero) is 1. The summed E-state index contributed by atoms with van der Waals surface area (Å²) in [6, 6.07) is 24.5. The van der Waals surface area contributed by atoms with E-state index in [1.54, 1.807) is 54.6 Å². The van der Waals surface area contributed by atoms with Crippen LogP contribution < -0.4 is 53.6 Å². The molecular weight excluding hydrogens is 591 g/mol.